The summed E-state index contributed by atoms with van der Waals surface area (Å²) in [7, 11) is 4.19. The molecule has 2 aromatic carbocycles. The Morgan fingerprint density at radius 2 is 1.57 bits per heavy atom. The molecule has 114 valence electrons. The molecule has 0 fully saturated rings. The molecule has 1 unspecified atom stereocenters. The molecule has 3 heteroatoms. The van der Waals surface area contributed by atoms with E-state index >= 15 is 0 Å². The Kier molecular flexibility index (Phi) is 7.27. The van der Waals surface area contributed by atoms with Gasteiger partial charge in [-0.05, 0) is 45.1 Å². The van der Waals surface area contributed by atoms with E-state index in [-0.39, 0.29) is 18.3 Å². The Labute approximate surface area is 133 Å². The van der Waals surface area contributed by atoms with Crippen molar-refractivity contribution in [2.75, 3.05) is 20.6 Å². The third-order valence-corrected chi connectivity index (χ3v) is 3.61. The fraction of sp³-hybridized carbons (Fsp3) is 0.333. The van der Waals surface area contributed by atoms with Gasteiger partial charge in [0, 0.05) is 11.5 Å². The first-order valence-corrected chi connectivity index (χ1v) is 7.16. The Hall–Kier alpha value is -1.51. The van der Waals surface area contributed by atoms with Gasteiger partial charge in [-0.25, -0.2) is 0 Å². The molecule has 0 spiro atoms. The van der Waals surface area contributed by atoms with E-state index in [2.05, 4.69) is 43.3 Å². The highest BCUT2D eigenvalue weighted by molar-refractivity contribution is 5.85. The van der Waals surface area contributed by atoms with Crippen LogP contribution in [0, 0.1) is 0 Å². The summed E-state index contributed by atoms with van der Waals surface area (Å²) in [5.41, 5.74) is 2.30. The van der Waals surface area contributed by atoms with Crippen LogP contribution in [0.25, 0.3) is 0 Å². The largest absolute Gasteiger partial charge is 0.508 e. The summed E-state index contributed by atoms with van der Waals surface area (Å²) in [5.74, 6) is 0.656. The second kappa shape index (κ2) is 8.71. The molecule has 21 heavy (non-hydrogen) atoms. The van der Waals surface area contributed by atoms with Gasteiger partial charge in [0.1, 0.15) is 5.75 Å². The number of aromatic hydroxyl groups is 1. The molecule has 0 amide bonds. The molecule has 0 bridgehead atoms. The van der Waals surface area contributed by atoms with E-state index in [1.807, 2.05) is 24.3 Å². The lowest BCUT2D eigenvalue weighted by Crippen LogP contribution is -2.14. The first kappa shape index (κ1) is 17.5. The predicted octanol–water partition coefficient (Wildman–Crippen LogP) is 4.29. The summed E-state index contributed by atoms with van der Waals surface area (Å²) in [6.45, 7) is 1.07. The molecular formula is C18H24ClNO. The third-order valence-electron chi connectivity index (χ3n) is 3.61. The normalized spacial score (nSPS) is 12.0. The fourth-order valence-electron chi connectivity index (χ4n) is 2.58. The van der Waals surface area contributed by atoms with Gasteiger partial charge < -0.3 is 10.0 Å². The third kappa shape index (κ3) is 5.07. The maximum atomic E-state index is 10.1. The van der Waals surface area contributed by atoms with Crippen LogP contribution < -0.4 is 0 Å². The van der Waals surface area contributed by atoms with Crippen LogP contribution in [0.5, 0.6) is 5.75 Å². The molecule has 1 atom stereocenters. The number of halogens is 1. The zero-order valence-corrected chi connectivity index (χ0v) is 13.5. The fourth-order valence-corrected chi connectivity index (χ4v) is 2.58. The number of hydrogen-bond donors (Lipinski definition) is 1. The van der Waals surface area contributed by atoms with Crippen molar-refractivity contribution in [1.82, 2.24) is 4.90 Å². The number of benzene rings is 2. The van der Waals surface area contributed by atoms with Gasteiger partial charge >= 0.3 is 0 Å². The number of nitrogens with zero attached hydrogens (tertiary/aromatic N) is 1. The van der Waals surface area contributed by atoms with Crippen LogP contribution in [-0.4, -0.2) is 30.6 Å². The topological polar surface area (TPSA) is 23.5 Å². The molecule has 0 saturated carbocycles. The summed E-state index contributed by atoms with van der Waals surface area (Å²) in [6.07, 6.45) is 2.15. The molecule has 0 aliphatic carbocycles. The summed E-state index contributed by atoms with van der Waals surface area (Å²) in [5, 5.41) is 10.1. The monoisotopic (exact) mass is 305 g/mol. The summed E-state index contributed by atoms with van der Waals surface area (Å²) in [4.78, 5) is 2.20. The van der Waals surface area contributed by atoms with Crippen molar-refractivity contribution in [1.29, 1.82) is 0 Å². The van der Waals surface area contributed by atoms with Crippen LogP contribution >= 0.6 is 12.4 Å². The van der Waals surface area contributed by atoms with Gasteiger partial charge in [0.25, 0.3) is 0 Å². The van der Waals surface area contributed by atoms with E-state index < -0.39 is 0 Å². The van der Waals surface area contributed by atoms with Crippen LogP contribution in [0.3, 0.4) is 0 Å². The van der Waals surface area contributed by atoms with Crippen molar-refractivity contribution in [3.05, 3.63) is 65.7 Å². The molecule has 0 heterocycles. The molecule has 2 rings (SSSR count). The van der Waals surface area contributed by atoms with E-state index in [0.717, 1.165) is 24.9 Å². The summed E-state index contributed by atoms with van der Waals surface area (Å²) in [6, 6.07) is 18.1. The Bertz CT molecular complexity index is 528. The van der Waals surface area contributed by atoms with E-state index in [0.29, 0.717) is 5.75 Å². The van der Waals surface area contributed by atoms with Crippen molar-refractivity contribution in [3.63, 3.8) is 0 Å². The molecule has 2 aromatic rings. The average molecular weight is 306 g/mol. The minimum absolute atomic E-state index is 0. The summed E-state index contributed by atoms with van der Waals surface area (Å²) >= 11 is 0. The SMILES string of the molecule is CN(C)CCCC(c1ccccc1)c1ccccc1O.Cl. The maximum absolute atomic E-state index is 10.1. The van der Waals surface area contributed by atoms with E-state index in [4.69, 9.17) is 0 Å². The Morgan fingerprint density at radius 3 is 2.19 bits per heavy atom. The zero-order chi connectivity index (χ0) is 14.4. The van der Waals surface area contributed by atoms with Crippen molar-refractivity contribution in [2.45, 2.75) is 18.8 Å². The molecule has 0 radical (unpaired) electrons. The first-order chi connectivity index (χ1) is 9.68. The summed E-state index contributed by atoms with van der Waals surface area (Å²) < 4.78 is 0. The van der Waals surface area contributed by atoms with Crippen LogP contribution in [0.4, 0.5) is 0 Å². The maximum Gasteiger partial charge on any atom is 0.119 e. The van der Waals surface area contributed by atoms with Crippen LogP contribution in [0.15, 0.2) is 54.6 Å². The smallest absolute Gasteiger partial charge is 0.119 e. The highest BCUT2D eigenvalue weighted by atomic mass is 35.5. The minimum Gasteiger partial charge on any atom is -0.508 e. The molecule has 0 aromatic heterocycles. The lowest BCUT2D eigenvalue weighted by Gasteiger charge is -2.20. The van der Waals surface area contributed by atoms with Crippen LogP contribution in [-0.2, 0) is 0 Å². The molecular weight excluding hydrogens is 282 g/mol. The van der Waals surface area contributed by atoms with Crippen LogP contribution in [0.1, 0.15) is 29.9 Å². The molecule has 1 N–H and O–H groups in total. The number of para-hydroxylation sites is 1. The lowest BCUT2D eigenvalue weighted by atomic mass is 9.87. The van der Waals surface area contributed by atoms with Gasteiger partial charge in [0.2, 0.25) is 0 Å². The molecule has 0 saturated heterocycles. The van der Waals surface area contributed by atoms with Gasteiger partial charge in [0.05, 0.1) is 0 Å². The number of phenols is 1. The van der Waals surface area contributed by atoms with Gasteiger partial charge in [-0.2, -0.15) is 0 Å². The Morgan fingerprint density at radius 1 is 0.952 bits per heavy atom. The van der Waals surface area contributed by atoms with E-state index in [1.54, 1.807) is 6.07 Å². The van der Waals surface area contributed by atoms with E-state index in [1.165, 1.54) is 5.56 Å². The van der Waals surface area contributed by atoms with E-state index in [9.17, 15) is 5.11 Å². The number of phenolic OH excluding ortho intramolecular Hbond substituents is 1. The van der Waals surface area contributed by atoms with Gasteiger partial charge in [-0.3, -0.25) is 0 Å². The van der Waals surface area contributed by atoms with Gasteiger partial charge in [-0.1, -0.05) is 48.5 Å². The Balaban J connectivity index is 0.00000220. The highest BCUT2D eigenvalue weighted by Crippen LogP contribution is 2.34. The van der Waals surface area contributed by atoms with Crippen molar-refractivity contribution in [3.8, 4) is 5.75 Å². The quantitative estimate of drug-likeness (QED) is 0.860. The number of hydrogen-bond acceptors (Lipinski definition) is 2. The van der Waals surface area contributed by atoms with Gasteiger partial charge in [-0.15, -0.1) is 12.4 Å². The standard InChI is InChI=1S/C18H23NO.ClH/c1-19(2)14-8-12-16(15-9-4-3-5-10-15)17-11-6-7-13-18(17)20;/h3-7,9-11,13,16,20H,8,12,14H2,1-2H3;1H. The zero-order valence-electron chi connectivity index (χ0n) is 12.7. The van der Waals surface area contributed by atoms with Crippen molar-refractivity contribution >= 4 is 12.4 Å². The lowest BCUT2D eigenvalue weighted by molar-refractivity contribution is 0.388. The number of rotatable bonds is 6. The molecule has 0 aliphatic heterocycles. The predicted molar refractivity (Wildman–Crippen MR) is 91.4 cm³/mol. The van der Waals surface area contributed by atoms with Crippen molar-refractivity contribution < 1.29 is 5.11 Å². The highest BCUT2D eigenvalue weighted by Gasteiger charge is 2.16. The van der Waals surface area contributed by atoms with Crippen molar-refractivity contribution in [2.24, 2.45) is 0 Å². The second-order valence-corrected chi connectivity index (χ2v) is 5.47. The minimum atomic E-state index is 0. The average Bonchev–Trinajstić information content (AvgIpc) is 2.45. The van der Waals surface area contributed by atoms with Gasteiger partial charge in [0.15, 0.2) is 0 Å². The first-order valence-electron chi connectivity index (χ1n) is 7.16. The van der Waals surface area contributed by atoms with Crippen LogP contribution in [0.2, 0.25) is 0 Å². The molecule has 0 aliphatic rings. The molecule has 2 nitrogen and oxygen atoms in total. The second-order valence-electron chi connectivity index (χ2n) is 5.47.